The summed E-state index contributed by atoms with van der Waals surface area (Å²) < 4.78 is 2.23. The van der Waals surface area contributed by atoms with E-state index in [9.17, 15) is 0 Å². The van der Waals surface area contributed by atoms with Crippen LogP contribution in [0.2, 0.25) is 0 Å². The molecule has 21 heavy (non-hydrogen) atoms. The quantitative estimate of drug-likeness (QED) is 0.649. The lowest BCUT2D eigenvalue weighted by atomic mass is 10.1. The van der Waals surface area contributed by atoms with Crippen molar-refractivity contribution < 1.29 is 0 Å². The van der Waals surface area contributed by atoms with E-state index in [0.717, 1.165) is 30.6 Å². The molecule has 0 radical (unpaired) electrons. The van der Waals surface area contributed by atoms with Crippen LogP contribution in [0, 0.1) is 13.8 Å². The molecule has 0 atom stereocenters. The lowest BCUT2D eigenvalue weighted by Crippen LogP contribution is -1.98. The Morgan fingerprint density at radius 2 is 2.05 bits per heavy atom. The van der Waals surface area contributed by atoms with Crippen molar-refractivity contribution in [3.05, 3.63) is 45.7 Å². The molecule has 0 fully saturated rings. The molecule has 3 rings (SSSR count). The van der Waals surface area contributed by atoms with E-state index >= 15 is 0 Å². The molecule has 0 amide bonds. The van der Waals surface area contributed by atoms with Gasteiger partial charge in [-0.2, -0.15) is 0 Å². The third-order valence-corrected chi connectivity index (χ3v) is 4.99. The number of imidazole rings is 1. The van der Waals surface area contributed by atoms with Crippen molar-refractivity contribution in [2.45, 2.75) is 39.1 Å². The molecule has 2 heterocycles. The normalized spacial score (nSPS) is 11.4. The van der Waals surface area contributed by atoms with Crippen LogP contribution in [0.5, 0.6) is 0 Å². The summed E-state index contributed by atoms with van der Waals surface area (Å²) in [4.78, 5) is 8.99. The number of nitrogens with zero attached hydrogens (tertiary/aromatic N) is 3. The van der Waals surface area contributed by atoms with Gasteiger partial charge in [0.1, 0.15) is 0 Å². The fourth-order valence-electron chi connectivity index (χ4n) is 2.42. The third kappa shape index (κ3) is 3.11. The van der Waals surface area contributed by atoms with Gasteiger partial charge in [-0.05, 0) is 43.5 Å². The average Bonchev–Trinajstić information content (AvgIpc) is 3.08. The maximum Gasteiger partial charge on any atom is 0.0958 e. The number of fused-ring (bicyclic) bond motifs is 1. The Labute approximate surface area is 133 Å². The first-order valence-corrected chi connectivity index (χ1v) is 8.50. The standard InChI is InChI=1S/C16H18ClN3S/c1-11-6-14-15(7-12(11)2)20(10-18-14)5-3-4-16-19-13(8-17)9-21-16/h6-7,9-10H,3-5,8H2,1-2H3. The van der Waals surface area contributed by atoms with Gasteiger partial charge in [0.25, 0.3) is 0 Å². The SMILES string of the molecule is Cc1cc2ncn(CCCc3nc(CCl)cs3)c2cc1C. The molecule has 0 aliphatic heterocycles. The predicted octanol–water partition coefficient (Wildman–Crippen LogP) is 4.48. The van der Waals surface area contributed by atoms with Gasteiger partial charge in [0.05, 0.1) is 33.9 Å². The first-order chi connectivity index (χ1) is 10.2. The largest absolute Gasteiger partial charge is 0.331 e. The zero-order valence-electron chi connectivity index (χ0n) is 12.3. The first kappa shape index (κ1) is 14.5. The fourth-order valence-corrected chi connectivity index (χ4v) is 3.49. The highest BCUT2D eigenvalue weighted by atomic mass is 35.5. The second kappa shape index (κ2) is 6.16. The minimum atomic E-state index is 0.501. The summed E-state index contributed by atoms with van der Waals surface area (Å²) >= 11 is 7.48. The molecule has 0 unspecified atom stereocenters. The van der Waals surface area contributed by atoms with Gasteiger partial charge in [-0.25, -0.2) is 9.97 Å². The van der Waals surface area contributed by atoms with Gasteiger partial charge in [-0.15, -0.1) is 22.9 Å². The average molecular weight is 320 g/mol. The molecule has 3 aromatic rings. The lowest BCUT2D eigenvalue weighted by molar-refractivity contribution is 0.655. The zero-order valence-corrected chi connectivity index (χ0v) is 13.8. The van der Waals surface area contributed by atoms with Crippen LogP contribution in [0.25, 0.3) is 11.0 Å². The van der Waals surface area contributed by atoms with Crippen LogP contribution in [-0.4, -0.2) is 14.5 Å². The Bertz CT molecular complexity index is 760. The van der Waals surface area contributed by atoms with Crippen LogP contribution in [0.15, 0.2) is 23.8 Å². The van der Waals surface area contributed by atoms with Gasteiger partial charge in [-0.3, -0.25) is 0 Å². The van der Waals surface area contributed by atoms with Crippen LogP contribution in [0.4, 0.5) is 0 Å². The Hall–Kier alpha value is -1.39. The van der Waals surface area contributed by atoms with E-state index < -0.39 is 0 Å². The molecular formula is C16H18ClN3S. The number of thiazole rings is 1. The highest BCUT2D eigenvalue weighted by molar-refractivity contribution is 7.09. The minimum Gasteiger partial charge on any atom is -0.331 e. The number of hydrogen-bond donors (Lipinski definition) is 0. The number of hydrogen-bond acceptors (Lipinski definition) is 3. The predicted molar refractivity (Wildman–Crippen MR) is 89.2 cm³/mol. The summed E-state index contributed by atoms with van der Waals surface area (Å²) in [6.45, 7) is 5.24. The van der Waals surface area contributed by atoms with Crippen LogP contribution in [0.3, 0.4) is 0 Å². The van der Waals surface area contributed by atoms with Gasteiger partial charge in [0, 0.05) is 18.3 Å². The maximum absolute atomic E-state index is 5.78. The molecule has 2 aromatic heterocycles. The van der Waals surface area contributed by atoms with Gasteiger partial charge < -0.3 is 4.57 Å². The van der Waals surface area contributed by atoms with Crippen molar-refractivity contribution in [3.63, 3.8) is 0 Å². The molecular weight excluding hydrogens is 302 g/mol. The van der Waals surface area contributed by atoms with E-state index in [1.165, 1.54) is 21.7 Å². The fraction of sp³-hybridized carbons (Fsp3) is 0.375. The van der Waals surface area contributed by atoms with Crippen LogP contribution in [0.1, 0.15) is 28.2 Å². The Kier molecular flexibility index (Phi) is 4.27. The van der Waals surface area contributed by atoms with Crippen molar-refractivity contribution in [2.75, 3.05) is 0 Å². The van der Waals surface area contributed by atoms with Crippen LogP contribution >= 0.6 is 22.9 Å². The molecule has 110 valence electrons. The molecule has 1 aromatic carbocycles. The van der Waals surface area contributed by atoms with E-state index in [2.05, 4.69) is 40.5 Å². The van der Waals surface area contributed by atoms with Crippen LogP contribution in [-0.2, 0) is 18.8 Å². The number of benzene rings is 1. The number of halogens is 1. The Morgan fingerprint density at radius 3 is 2.81 bits per heavy atom. The molecule has 0 bridgehead atoms. The molecule has 0 spiro atoms. The van der Waals surface area contributed by atoms with E-state index in [1.54, 1.807) is 11.3 Å². The first-order valence-electron chi connectivity index (χ1n) is 7.08. The van der Waals surface area contributed by atoms with E-state index in [4.69, 9.17) is 11.6 Å². The summed E-state index contributed by atoms with van der Waals surface area (Å²) in [5.74, 6) is 0.501. The van der Waals surface area contributed by atoms with E-state index in [0.29, 0.717) is 5.88 Å². The topological polar surface area (TPSA) is 30.7 Å². The monoisotopic (exact) mass is 319 g/mol. The molecule has 0 N–H and O–H groups in total. The third-order valence-electron chi connectivity index (χ3n) is 3.76. The van der Waals surface area contributed by atoms with Gasteiger partial charge in [0.15, 0.2) is 0 Å². The minimum absolute atomic E-state index is 0.501. The van der Waals surface area contributed by atoms with Crippen molar-refractivity contribution in [3.8, 4) is 0 Å². The molecule has 0 aliphatic rings. The summed E-state index contributed by atoms with van der Waals surface area (Å²) in [6.07, 6.45) is 4.00. The van der Waals surface area contributed by atoms with E-state index in [1.807, 2.05) is 11.7 Å². The number of alkyl halides is 1. The summed E-state index contributed by atoms with van der Waals surface area (Å²) in [7, 11) is 0. The van der Waals surface area contributed by atoms with Gasteiger partial charge in [0.2, 0.25) is 0 Å². The smallest absolute Gasteiger partial charge is 0.0958 e. The number of rotatable bonds is 5. The molecule has 0 saturated heterocycles. The zero-order chi connectivity index (χ0) is 14.8. The second-order valence-corrected chi connectivity index (χ2v) is 6.54. The summed E-state index contributed by atoms with van der Waals surface area (Å²) in [6, 6.07) is 4.39. The highest BCUT2D eigenvalue weighted by Gasteiger charge is 2.06. The summed E-state index contributed by atoms with van der Waals surface area (Å²) in [5, 5.41) is 3.21. The van der Waals surface area contributed by atoms with Gasteiger partial charge in [-0.1, -0.05) is 0 Å². The van der Waals surface area contributed by atoms with Crippen molar-refractivity contribution in [1.82, 2.24) is 14.5 Å². The molecule has 0 saturated carbocycles. The summed E-state index contributed by atoms with van der Waals surface area (Å²) in [5.41, 5.74) is 5.89. The van der Waals surface area contributed by atoms with Crippen LogP contribution < -0.4 is 0 Å². The van der Waals surface area contributed by atoms with Crippen molar-refractivity contribution >= 4 is 34.0 Å². The second-order valence-electron chi connectivity index (χ2n) is 5.33. The van der Waals surface area contributed by atoms with Crippen molar-refractivity contribution in [1.29, 1.82) is 0 Å². The van der Waals surface area contributed by atoms with Gasteiger partial charge >= 0.3 is 0 Å². The number of aromatic nitrogens is 3. The Morgan fingerprint density at radius 1 is 1.24 bits per heavy atom. The Balaban J connectivity index is 1.69. The van der Waals surface area contributed by atoms with Crippen molar-refractivity contribution in [2.24, 2.45) is 0 Å². The highest BCUT2D eigenvalue weighted by Crippen LogP contribution is 2.19. The lowest BCUT2D eigenvalue weighted by Gasteiger charge is -2.05. The molecule has 3 nitrogen and oxygen atoms in total. The molecule has 5 heteroatoms. The molecule has 0 aliphatic carbocycles. The van der Waals surface area contributed by atoms with E-state index in [-0.39, 0.29) is 0 Å². The maximum atomic E-state index is 5.78. The number of aryl methyl sites for hydroxylation is 4.